The number of para-hydroxylation sites is 1. The van der Waals surface area contributed by atoms with E-state index in [-0.39, 0.29) is 0 Å². The fraction of sp³-hybridized carbons (Fsp3) is 0.0667. The molecular weight excluding hydrogens is 336 g/mol. The van der Waals surface area contributed by atoms with E-state index in [4.69, 9.17) is 4.74 Å². The van der Waals surface area contributed by atoms with Crippen molar-refractivity contribution >= 4 is 39.1 Å². The Morgan fingerprint density at radius 1 is 0.952 bits per heavy atom. The van der Waals surface area contributed by atoms with Gasteiger partial charge in [-0.25, -0.2) is 0 Å². The molecule has 0 radical (unpaired) electrons. The second-order valence-electron chi connectivity index (χ2n) is 4.12. The lowest BCUT2D eigenvalue weighted by atomic mass is 10.3. The summed E-state index contributed by atoms with van der Waals surface area (Å²) in [4.78, 5) is 23.6. The Labute approximate surface area is 130 Å². The number of hydrogen-bond donors (Lipinski definition) is 2. The molecule has 21 heavy (non-hydrogen) atoms. The molecule has 0 aliphatic carbocycles. The average Bonchev–Trinajstić information content (AvgIpc) is 2.50. The number of hydrogen-bond acceptors (Lipinski definition) is 3. The van der Waals surface area contributed by atoms with Crippen molar-refractivity contribution in [1.82, 2.24) is 0 Å². The van der Waals surface area contributed by atoms with Crippen LogP contribution >= 0.6 is 15.9 Å². The van der Waals surface area contributed by atoms with Gasteiger partial charge in [0.1, 0.15) is 5.75 Å². The van der Waals surface area contributed by atoms with Gasteiger partial charge in [-0.2, -0.15) is 0 Å². The molecule has 6 heteroatoms. The van der Waals surface area contributed by atoms with Crippen molar-refractivity contribution in [3.63, 3.8) is 0 Å². The Balaban J connectivity index is 1.99. The van der Waals surface area contributed by atoms with Crippen LogP contribution < -0.4 is 15.4 Å². The summed E-state index contributed by atoms with van der Waals surface area (Å²) in [7, 11) is 1.55. The highest BCUT2D eigenvalue weighted by Crippen LogP contribution is 2.21. The lowest BCUT2D eigenvalue weighted by molar-refractivity contribution is -0.133. The Kier molecular flexibility index (Phi) is 4.94. The van der Waals surface area contributed by atoms with E-state index in [1.807, 2.05) is 6.07 Å². The molecule has 108 valence electrons. The molecule has 2 N–H and O–H groups in total. The molecule has 2 aromatic carbocycles. The molecule has 0 aliphatic heterocycles. The number of amides is 2. The summed E-state index contributed by atoms with van der Waals surface area (Å²) in [6.07, 6.45) is 0. The summed E-state index contributed by atoms with van der Waals surface area (Å²) in [6, 6.07) is 13.8. The third-order valence-electron chi connectivity index (χ3n) is 2.68. The van der Waals surface area contributed by atoms with Crippen LogP contribution in [0.15, 0.2) is 53.0 Å². The Morgan fingerprint density at radius 2 is 1.57 bits per heavy atom. The summed E-state index contributed by atoms with van der Waals surface area (Å²) in [6.45, 7) is 0. The van der Waals surface area contributed by atoms with Crippen LogP contribution in [0.1, 0.15) is 0 Å². The van der Waals surface area contributed by atoms with Crippen LogP contribution in [0.2, 0.25) is 0 Å². The number of anilines is 2. The largest absolute Gasteiger partial charge is 0.497 e. The van der Waals surface area contributed by atoms with E-state index in [0.29, 0.717) is 21.6 Å². The first-order chi connectivity index (χ1) is 10.1. The quantitative estimate of drug-likeness (QED) is 0.837. The SMILES string of the molecule is COc1ccc(NC(=O)C(=O)Nc2ccccc2Br)cc1. The molecule has 0 spiro atoms. The van der Waals surface area contributed by atoms with Crippen LogP contribution in [-0.2, 0) is 9.59 Å². The van der Waals surface area contributed by atoms with Crippen LogP contribution in [0.5, 0.6) is 5.75 Å². The molecule has 0 heterocycles. The molecule has 2 aromatic rings. The first-order valence-corrected chi connectivity index (χ1v) is 6.90. The molecule has 0 aromatic heterocycles. The first kappa shape index (κ1) is 15.1. The molecule has 0 unspecified atom stereocenters. The van der Waals surface area contributed by atoms with Crippen molar-refractivity contribution < 1.29 is 14.3 Å². The summed E-state index contributed by atoms with van der Waals surface area (Å²) < 4.78 is 5.72. The van der Waals surface area contributed by atoms with Gasteiger partial charge in [0.2, 0.25) is 0 Å². The molecule has 0 saturated carbocycles. The Morgan fingerprint density at radius 3 is 2.19 bits per heavy atom. The van der Waals surface area contributed by atoms with Crippen molar-refractivity contribution in [1.29, 1.82) is 0 Å². The number of carbonyl (C=O) groups excluding carboxylic acids is 2. The zero-order valence-corrected chi connectivity index (χ0v) is 12.8. The van der Waals surface area contributed by atoms with Crippen molar-refractivity contribution in [2.75, 3.05) is 17.7 Å². The van der Waals surface area contributed by atoms with Gasteiger partial charge >= 0.3 is 11.8 Å². The minimum Gasteiger partial charge on any atom is -0.497 e. The molecule has 0 saturated heterocycles. The second kappa shape index (κ2) is 6.90. The zero-order valence-electron chi connectivity index (χ0n) is 11.2. The van der Waals surface area contributed by atoms with Crippen molar-refractivity contribution in [2.24, 2.45) is 0 Å². The van der Waals surface area contributed by atoms with E-state index in [1.165, 1.54) is 0 Å². The maximum Gasteiger partial charge on any atom is 0.314 e. The fourth-order valence-electron chi connectivity index (χ4n) is 1.60. The van der Waals surface area contributed by atoms with Gasteiger partial charge in [0, 0.05) is 10.2 Å². The smallest absolute Gasteiger partial charge is 0.314 e. The number of halogens is 1. The Bertz CT molecular complexity index is 656. The minimum atomic E-state index is -0.740. The van der Waals surface area contributed by atoms with E-state index >= 15 is 0 Å². The monoisotopic (exact) mass is 348 g/mol. The summed E-state index contributed by atoms with van der Waals surface area (Å²) in [5.41, 5.74) is 1.05. The maximum atomic E-state index is 11.8. The summed E-state index contributed by atoms with van der Waals surface area (Å²) >= 11 is 3.30. The molecule has 5 nitrogen and oxygen atoms in total. The fourth-order valence-corrected chi connectivity index (χ4v) is 1.99. The number of rotatable bonds is 3. The number of nitrogens with one attached hydrogen (secondary N) is 2. The minimum absolute atomic E-state index is 0.517. The van der Waals surface area contributed by atoms with Gasteiger partial charge in [0.05, 0.1) is 12.8 Å². The van der Waals surface area contributed by atoms with E-state index in [0.717, 1.165) is 0 Å². The molecule has 0 bridgehead atoms. The topological polar surface area (TPSA) is 67.4 Å². The van der Waals surface area contributed by atoms with Gasteiger partial charge in [0.15, 0.2) is 0 Å². The predicted molar refractivity (Wildman–Crippen MR) is 84.4 cm³/mol. The van der Waals surface area contributed by atoms with Gasteiger partial charge < -0.3 is 15.4 Å². The summed E-state index contributed by atoms with van der Waals surface area (Å²) in [5.74, 6) is -0.806. The van der Waals surface area contributed by atoms with Crippen molar-refractivity contribution in [3.8, 4) is 5.75 Å². The highest BCUT2D eigenvalue weighted by molar-refractivity contribution is 9.10. The lowest BCUT2D eigenvalue weighted by Crippen LogP contribution is -2.29. The highest BCUT2D eigenvalue weighted by Gasteiger charge is 2.15. The van der Waals surface area contributed by atoms with Crippen LogP contribution in [0, 0.1) is 0 Å². The number of ether oxygens (including phenoxy) is 1. The van der Waals surface area contributed by atoms with Crippen LogP contribution in [-0.4, -0.2) is 18.9 Å². The lowest BCUT2D eigenvalue weighted by Gasteiger charge is -2.08. The van der Waals surface area contributed by atoms with Gasteiger partial charge in [0.25, 0.3) is 0 Å². The normalized spacial score (nSPS) is 9.81. The molecule has 0 fully saturated rings. The van der Waals surface area contributed by atoms with E-state index in [1.54, 1.807) is 49.6 Å². The van der Waals surface area contributed by atoms with Crippen LogP contribution in [0.3, 0.4) is 0 Å². The molecule has 2 rings (SSSR count). The van der Waals surface area contributed by atoms with Gasteiger partial charge in [-0.15, -0.1) is 0 Å². The molecule has 0 aliphatic rings. The Hall–Kier alpha value is -2.34. The maximum absolute atomic E-state index is 11.8. The van der Waals surface area contributed by atoms with E-state index in [9.17, 15) is 9.59 Å². The number of methoxy groups -OCH3 is 1. The number of benzene rings is 2. The third kappa shape index (κ3) is 4.06. The summed E-state index contributed by atoms with van der Waals surface area (Å²) in [5, 5.41) is 5.04. The molecule has 2 amide bonds. The zero-order chi connectivity index (χ0) is 15.2. The second-order valence-corrected chi connectivity index (χ2v) is 4.97. The van der Waals surface area contributed by atoms with E-state index < -0.39 is 11.8 Å². The first-order valence-electron chi connectivity index (χ1n) is 6.11. The standard InChI is InChI=1S/C15H13BrN2O3/c1-21-11-8-6-10(7-9-11)17-14(19)15(20)18-13-5-3-2-4-12(13)16/h2-9H,1H3,(H,17,19)(H,18,20). The predicted octanol–water partition coefficient (Wildman–Crippen LogP) is 3.03. The van der Waals surface area contributed by atoms with Crippen LogP contribution in [0.25, 0.3) is 0 Å². The third-order valence-corrected chi connectivity index (χ3v) is 3.37. The van der Waals surface area contributed by atoms with Gasteiger partial charge in [-0.1, -0.05) is 12.1 Å². The molecular formula is C15H13BrN2O3. The van der Waals surface area contributed by atoms with E-state index in [2.05, 4.69) is 26.6 Å². The van der Waals surface area contributed by atoms with Gasteiger partial charge in [-0.3, -0.25) is 9.59 Å². The average molecular weight is 349 g/mol. The highest BCUT2D eigenvalue weighted by atomic mass is 79.9. The van der Waals surface area contributed by atoms with Gasteiger partial charge in [-0.05, 0) is 52.3 Å². The van der Waals surface area contributed by atoms with Crippen molar-refractivity contribution in [3.05, 3.63) is 53.0 Å². The number of carbonyl (C=O) groups is 2. The molecule has 0 atom stereocenters. The van der Waals surface area contributed by atoms with Crippen molar-refractivity contribution in [2.45, 2.75) is 0 Å². The van der Waals surface area contributed by atoms with Crippen LogP contribution in [0.4, 0.5) is 11.4 Å².